The highest BCUT2D eigenvalue weighted by atomic mass is 16.5. The molecule has 7 heteroatoms. The summed E-state index contributed by atoms with van der Waals surface area (Å²) in [6.45, 7) is 5.07. The normalized spacial score (nSPS) is 14.2. The summed E-state index contributed by atoms with van der Waals surface area (Å²) in [6.07, 6.45) is 5.44. The zero-order valence-corrected chi connectivity index (χ0v) is 13.5. The van der Waals surface area contributed by atoms with Crippen LogP contribution in [-0.2, 0) is 4.79 Å². The molecule has 0 unspecified atom stereocenters. The van der Waals surface area contributed by atoms with Crippen LogP contribution >= 0.6 is 0 Å². The van der Waals surface area contributed by atoms with Crippen LogP contribution in [0.3, 0.4) is 0 Å². The molecule has 1 aromatic rings. The summed E-state index contributed by atoms with van der Waals surface area (Å²) < 4.78 is 5.56. The molecule has 0 aromatic carbocycles. The zero-order valence-electron chi connectivity index (χ0n) is 13.5. The number of amides is 1. The van der Waals surface area contributed by atoms with E-state index < -0.39 is 0 Å². The number of nitrogens with zero attached hydrogens (tertiary/aromatic N) is 2. The van der Waals surface area contributed by atoms with Crippen LogP contribution in [0, 0.1) is 5.92 Å². The van der Waals surface area contributed by atoms with Gasteiger partial charge >= 0.3 is 0 Å². The number of aromatic nitrogens is 1. The van der Waals surface area contributed by atoms with E-state index in [4.69, 9.17) is 4.74 Å². The first-order chi connectivity index (χ1) is 11.3. The number of nitrogens with one attached hydrogen (secondary N) is 3. The Labute approximate surface area is 136 Å². The van der Waals surface area contributed by atoms with Crippen molar-refractivity contribution in [1.82, 2.24) is 20.9 Å². The summed E-state index contributed by atoms with van der Waals surface area (Å²) >= 11 is 0. The molecular formula is C16H25N5O2. The quantitative estimate of drug-likeness (QED) is 0.351. The van der Waals surface area contributed by atoms with Gasteiger partial charge in [-0.25, -0.2) is 0 Å². The average molecular weight is 319 g/mol. The van der Waals surface area contributed by atoms with E-state index in [0.717, 1.165) is 31.1 Å². The summed E-state index contributed by atoms with van der Waals surface area (Å²) in [5, 5.41) is 9.26. The standard InChI is InChI=1S/C16H25N5O2/c1-2-18-16(20-9-8-19-15(22)13-5-6-13)21-10-11-23-14-4-3-7-17-12-14/h3-4,7,12-13H,2,5-6,8-11H2,1H3,(H,19,22)(H2,18,20,21). The number of aliphatic imine (C=N–C) groups is 1. The van der Waals surface area contributed by atoms with Gasteiger partial charge in [0.25, 0.3) is 0 Å². The molecule has 1 amide bonds. The largest absolute Gasteiger partial charge is 0.490 e. The van der Waals surface area contributed by atoms with Crippen LogP contribution in [0.2, 0.25) is 0 Å². The maximum absolute atomic E-state index is 11.5. The van der Waals surface area contributed by atoms with E-state index in [1.54, 1.807) is 12.4 Å². The number of carbonyl (C=O) groups excluding carboxylic acids is 1. The maximum Gasteiger partial charge on any atom is 0.223 e. The topological polar surface area (TPSA) is 87.6 Å². The Balaban J connectivity index is 1.61. The molecule has 1 fully saturated rings. The van der Waals surface area contributed by atoms with Crippen molar-refractivity contribution in [3.05, 3.63) is 24.5 Å². The molecule has 0 saturated heterocycles. The summed E-state index contributed by atoms with van der Waals surface area (Å²) in [6, 6.07) is 3.71. The maximum atomic E-state index is 11.5. The van der Waals surface area contributed by atoms with E-state index in [9.17, 15) is 4.79 Å². The third kappa shape index (κ3) is 6.99. The van der Waals surface area contributed by atoms with Gasteiger partial charge in [-0.3, -0.25) is 14.8 Å². The Morgan fingerprint density at radius 1 is 1.35 bits per heavy atom. The van der Waals surface area contributed by atoms with Crippen LogP contribution in [0.4, 0.5) is 0 Å². The monoisotopic (exact) mass is 319 g/mol. The highest BCUT2D eigenvalue weighted by Gasteiger charge is 2.28. The first kappa shape index (κ1) is 17.1. The number of carbonyl (C=O) groups is 1. The molecule has 1 heterocycles. The second kappa shape index (κ2) is 9.66. The van der Waals surface area contributed by atoms with Gasteiger partial charge in [0.15, 0.2) is 5.96 Å². The van der Waals surface area contributed by atoms with Crippen LogP contribution in [0.15, 0.2) is 29.5 Å². The fourth-order valence-corrected chi connectivity index (χ4v) is 1.95. The first-order valence-electron chi connectivity index (χ1n) is 8.12. The lowest BCUT2D eigenvalue weighted by Crippen LogP contribution is -2.40. The van der Waals surface area contributed by atoms with Gasteiger partial charge in [-0.2, -0.15) is 0 Å². The van der Waals surface area contributed by atoms with Crippen molar-refractivity contribution in [1.29, 1.82) is 0 Å². The van der Waals surface area contributed by atoms with Crippen molar-refractivity contribution in [3.63, 3.8) is 0 Å². The van der Waals surface area contributed by atoms with E-state index in [2.05, 4.69) is 25.9 Å². The van der Waals surface area contributed by atoms with Gasteiger partial charge in [-0.05, 0) is 31.9 Å². The Morgan fingerprint density at radius 2 is 2.22 bits per heavy atom. The smallest absolute Gasteiger partial charge is 0.223 e. The third-order valence-electron chi connectivity index (χ3n) is 3.27. The predicted octanol–water partition coefficient (Wildman–Crippen LogP) is 0.542. The molecular weight excluding hydrogens is 294 g/mol. The summed E-state index contributed by atoms with van der Waals surface area (Å²) in [5.74, 6) is 1.87. The van der Waals surface area contributed by atoms with E-state index >= 15 is 0 Å². The zero-order chi connectivity index (χ0) is 16.3. The fraction of sp³-hybridized carbons (Fsp3) is 0.562. The highest BCUT2D eigenvalue weighted by Crippen LogP contribution is 2.28. The van der Waals surface area contributed by atoms with Gasteiger partial charge in [-0.15, -0.1) is 0 Å². The van der Waals surface area contributed by atoms with Crippen molar-refractivity contribution in [2.24, 2.45) is 10.9 Å². The van der Waals surface area contributed by atoms with Crippen LogP contribution in [0.1, 0.15) is 19.8 Å². The van der Waals surface area contributed by atoms with Crippen LogP contribution in [0.5, 0.6) is 5.75 Å². The molecule has 0 aliphatic heterocycles. The van der Waals surface area contributed by atoms with Crippen LogP contribution < -0.4 is 20.7 Å². The molecule has 7 nitrogen and oxygen atoms in total. The Hall–Kier alpha value is -2.31. The number of guanidine groups is 1. The van der Waals surface area contributed by atoms with E-state index in [0.29, 0.717) is 26.2 Å². The molecule has 0 bridgehead atoms. The molecule has 0 radical (unpaired) electrons. The number of pyridine rings is 1. The van der Waals surface area contributed by atoms with Gasteiger partial charge in [-0.1, -0.05) is 0 Å². The summed E-state index contributed by atoms with van der Waals surface area (Å²) in [4.78, 5) is 19.9. The van der Waals surface area contributed by atoms with Gasteiger partial charge in [0.2, 0.25) is 5.91 Å². The number of hydrogen-bond donors (Lipinski definition) is 3. The molecule has 1 saturated carbocycles. The second-order valence-corrected chi connectivity index (χ2v) is 5.29. The van der Waals surface area contributed by atoms with E-state index in [-0.39, 0.29) is 11.8 Å². The molecule has 0 atom stereocenters. The Bertz CT molecular complexity index is 502. The van der Waals surface area contributed by atoms with Crippen molar-refractivity contribution in [2.45, 2.75) is 19.8 Å². The van der Waals surface area contributed by atoms with Crippen molar-refractivity contribution in [2.75, 3.05) is 32.8 Å². The SMILES string of the molecule is CCNC(=NCCNC(=O)C1CC1)NCCOc1cccnc1. The highest BCUT2D eigenvalue weighted by molar-refractivity contribution is 5.81. The minimum Gasteiger partial charge on any atom is -0.490 e. The molecule has 0 spiro atoms. The van der Waals surface area contributed by atoms with Crippen molar-refractivity contribution in [3.8, 4) is 5.75 Å². The lowest BCUT2D eigenvalue weighted by atomic mass is 10.4. The Morgan fingerprint density at radius 3 is 2.91 bits per heavy atom. The molecule has 1 aromatic heterocycles. The number of ether oxygens (including phenoxy) is 1. The minimum absolute atomic E-state index is 0.156. The molecule has 1 aliphatic rings. The lowest BCUT2D eigenvalue weighted by molar-refractivity contribution is -0.122. The fourth-order valence-electron chi connectivity index (χ4n) is 1.95. The number of hydrogen-bond acceptors (Lipinski definition) is 4. The second-order valence-electron chi connectivity index (χ2n) is 5.29. The molecule has 23 heavy (non-hydrogen) atoms. The third-order valence-corrected chi connectivity index (χ3v) is 3.27. The molecule has 1 aliphatic carbocycles. The van der Waals surface area contributed by atoms with Gasteiger partial charge in [0.1, 0.15) is 12.4 Å². The van der Waals surface area contributed by atoms with Crippen molar-refractivity contribution < 1.29 is 9.53 Å². The Kier molecular flexibility index (Phi) is 7.16. The van der Waals surface area contributed by atoms with Crippen LogP contribution in [-0.4, -0.2) is 49.6 Å². The van der Waals surface area contributed by atoms with Gasteiger partial charge in [0.05, 0.1) is 19.3 Å². The van der Waals surface area contributed by atoms with E-state index in [1.165, 1.54) is 0 Å². The molecule has 3 N–H and O–H groups in total. The number of rotatable bonds is 9. The average Bonchev–Trinajstić information content (AvgIpc) is 3.41. The van der Waals surface area contributed by atoms with Gasteiger partial charge < -0.3 is 20.7 Å². The summed E-state index contributed by atoms with van der Waals surface area (Å²) in [5.41, 5.74) is 0. The predicted molar refractivity (Wildman–Crippen MR) is 89.4 cm³/mol. The van der Waals surface area contributed by atoms with Crippen LogP contribution in [0.25, 0.3) is 0 Å². The summed E-state index contributed by atoms with van der Waals surface area (Å²) in [7, 11) is 0. The van der Waals surface area contributed by atoms with Gasteiger partial charge in [0, 0.05) is 25.2 Å². The molecule has 2 rings (SSSR count). The first-order valence-corrected chi connectivity index (χ1v) is 8.12. The molecule has 126 valence electrons. The lowest BCUT2D eigenvalue weighted by Gasteiger charge is -2.12. The van der Waals surface area contributed by atoms with Crippen molar-refractivity contribution >= 4 is 11.9 Å². The minimum atomic E-state index is 0.156. The van der Waals surface area contributed by atoms with E-state index in [1.807, 2.05) is 19.1 Å².